The highest BCUT2D eigenvalue weighted by Gasteiger charge is 2.25. The zero-order valence-electron chi connectivity index (χ0n) is 13.1. The fraction of sp³-hybridized carbons (Fsp3) is 0.625. The Morgan fingerprint density at radius 3 is 2.10 bits per heavy atom. The van der Waals surface area contributed by atoms with E-state index in [1.165, 1.54) is 25.7 Å². The van der Waals surface area contributed by atoms with Gasteiger partial charge in [0, 0.05) is 24.7 Å². The molecular formula is C16H26N2O3. The lowest BCUT2D eigenvalue weighted by Gasteiger charge is -2.25. The van der Waals surface area contributed by atoms with Gasteiger partial charge >= 0.3 is 0 Å². The predicted molar refractivity (Wildman–Crippen MR) is 83.3 cm³/mol. The van der Waals surface area contributed by atoms with Gasteiger partial charge in [-0.05, 0) is 12.8 Å². The molecule has 0 spiro atoms. The molecule has 1 saturated carbocycles. The molecule has 1 aromatic carbocycles. The van der Waals surface area contributed by atoms with E-state index in [9.17, 15) is 0 Å². The number of rotatable bonds is 7. The first-order valence-electron chi connectivity index (χ1n) is 7.49. The topological polar surface area (TPSA) is 65.7 Å². The second-order valence-corrected chi connectivity index (χ2v) is 5.38. The minimum absolute atomic E-state index is 0.0175. The second kappa shape index (κ2) is 7.52. The number of benzene rings is 1. The molecule has 1 fully saturated rings. The molecule has 1 aromatic rings. The zero-order valence-corrected chi connectivity index (χ0v) is 13.1. The normalized spacial score (nSPS) is 16.8. The molecule has 0 aromatic heterocycles. The Bertz CT molecular complexity index is 434. The van der Waals surface area contributed by atoms with E-state index in [4.69, 9.17) is 19.9 Å². The van der Waals surface area contributed by atoms with Crippen LogP contribution in [0.25, 0.3) is 0 Å². The SMILES string of the molecule is COc1cc(OC)c(C(CN)NC2CCCC2)c(OC)c1. The average molecular weight is 294 g/mol. The predicted octanol–water partition coefficient (Wildman–Crippen LogP) is 2.24. The van der Waals surface area contributed by atoms with Gasteiger partial charge in [0.15, 0.2) is 0 Å². The first-order valence-corrected chi connectivity index (χ1v) is 7.49. The van der Waals surface area contributed by atoms with E-state index in [0.29, 0.717) is 18.3 Å². The highest BCUT2D eigenvalue weighted by Crippen LogP contribution is 2.38. The first-order chi connectivity index (χ1) is 10.2. The molecule has 0 saturated heterocycles. The van der Waals surface area contributed by atoms with Crippen LogP contribution in [0, 0.1) is 0 Å². The van der Waals surface area contributed by atoms with Gasteiger partial charge in [0.25, 0.3) is 0 Å². The Kier molecular flexibility index (Phi) is 5.70. The second-order valence-electron chi connectivity index (χ2n) is 5.38. The molecule has 3 N–H and O–H groups in total. The van der Waals surface area contributed by atoms with Gasteiger partial charge < -0.3 is 25.3 Å². The number of nitrogens with two attached hydrogens (primary N) is 1. The smallest absolute Gasteiger partial charge is 0.131 e. The third-order valence-electron chi connectivity index (χ3n) is 4.13. The van der Waals surface area contributed by atoms with Crippen LogP contribution in [-0.4, -0.2) is 33.9 Å². The van der Waals surface area contributed by atoms with Crippen molar-refractivity contribution < 1.29 is 14.2 Å². The number of ether oxygens (including phenoxy) is 3. The summed E-state index contributed by atoms with van der Waals surface area (Å²) in [5, 5.41) is 3.64. The number of methoxy groups -OCH3 is 3. The zero-order chi connectivity index (χ0) is 15.2. The van der Waals surface area contributed by atoms with Crippen molar-refractivity contribution in [2.24, 2.45) is 5.73 Å². The van der Waals surface area contributed by atoms with E-state index >= 15 is 0 Å². The van der Waals surface area contributed by atoms with Crippen molar-refractivity contribution in [2.75, 3.05) is 27.9 Å². The molecule has 0 radical (unpaired) electrons. The lowest BCUT2D eigenvalue weighted by Crippen LogP contribution is -2.35. The largest absolute Gasteiger partial charge is 0.496 e. The Labute approximate surface area is 126 Å². The van der Waals surface area contributed by atoms with Gasteiger partial charge in [-0.2, -0.15) is 0 Å². The van der Waals surface area contributed by atoms with Gasteiger partial charge in [0.2, 0.25) is 0 Å². The van der Waals surface area contributed by atoms with Gasteiger partial charge in [-0.15, -0.1) is 0 Å². The molecule has 5 nitrogen and oxygen atoms in total. The van der Waals surface area contributed by atoms with Crippen molar-refractivity contribution in [2.45, 2.75) is 37.8 Å². The standard InChI is InChI=1S/C16H26N2O3/c1-19-12-8-14(20-2)16(15(9-12)21-3)13(10-17)18-11-6-4-5-7-11/h8-9,11,13,18H,4-7,10,17H2,1-3H3. The minimum atomic E-state index is 0.0175. The summed E-state index contributed by atoms with van der Waals surface area (Å²) in [5.41, 5.74) is 6.96. The van der Waals surface area contributed by atoms with Gasteiger partial charge in [0.1, 0.15) is 17.2 Å². The summed E-state index contributed by atoms with van der Waals surface area (Å²) < 4.78 is 16.3. The van der Waals surface area contributed by atoms with Crippen molar-refractivity contribution in [3.8, 4) is 17.2 Å². The summed E-state index contributed by atoms with van der Waals surface area (Å²) in [6, 6.07) is 4.28. The van der Waals surface area contributed by atoms with E-state index in [2.05, 4.69) is 5.32 Å². The molecule has 1 aliphatic carbocycles. The number of hydrogen-bond donors (Lipinski definition) is 2. The monoisotopic (exact) mass is 294 g/mol. The molecule has 1 aliphatic rings. The lowest BCUT2D eigenvalue weighted by molar-refractivity contribution is 0.350. The molecule has 21 heavy (non-hydrogen) atoms. The van der Waals surface area contributed by atoms with Crippen molar-refractivity contribution in [3.05, 3.63) is 17.7 Å². The van der Waals surface area contributed by atoms with Crippen LogP contribution in [0.3, 0.4) is 0 Å². The Balaban J connectivity index is 2.33. The fourth-order valence-corrected chi connectivity index (χ4v) is 3.02. The average Bonchev–Trinajstić information content (AvgIpc) is 3.04. The molecule has 0 bridgehead atoms. The van der Waals surface area contributed by atoms with Crippen molar-refractivity contribution in [3.63, 3.8) is 0 Å². The molecule has 1 atom stereocenters. The molecular weight excluding hydrogens is 268 g/mol. The van der Waals surface area contributed by atoms with Crippen LogP contribution in [0.2, 0.25) is 0 Å². The van der Waals surface area contributed by atoms with E-state index < -0.39 is 0 Å². The lowest BCUT2D eigenvalue weighted by atomic mass is 10.0. The quantitative estimate of drug-likeness (QED) is 0.807. The van der Waals surface area contributed by atoms with Crippen LogP contribution >= 0.6 is 0 Å². The summed E-state index contributed by atoms with van der Waals surface area (Å²) in [4.78, 5) is 0. The fourth-order valence-electron chi connectivity index (χ4n) is 3.02. The van der Waals surface area contributed by atoms with Crippen LogP contribution < -0.4 is 25.3 Å². The van der Waals surface area contributed by atoms with E-state index in [-0.39, 0.29) is 6.04 Å². The van der Waals surface area contributed by atoms with Crippen LogP contribution in [0.15, 0.2) is 12.1 Å². The highest BCUT2D eigenvalue weighted by molar-refractivity contribution is 5.52. The highest BCUT2D eigenvalue weighted by atomic mass is 16.5. The third-order valence-corrected chi connectivity index (χ3v) is 4.13. The summed E-state index contributed by atoms with van der Waals surface area (Å²) >= 11 is 0. The molecule has 5 heteroatoms. The number of hydrogen-bond acceptors (Lipinski definition) is 5. The third kappa shape index (κ3) is 3.60. The molecule has 0 aliphatic heterocycles. The molecule has 0 heterocycles. The molecule has 2 rings (SSSR count). The summed E-state index contributed by atoms with van der Waals surface area (Å²) in [7, 11) is 4.94. The number of nitrogens with one attached hydrogen (secondary N) is 1. The Morgan fingerprint density at radius 2 is 1.67 bits per heavy atom. The van der Waals surface area contributed by atoms with Gasteiger partial charge in [-0.25, -0.2) is 0 Å². The maximum absolute atomic E-state index is 6.00. The summed E-state index contributed by atoms with van der Waals surface area (Å²) in [5.74, 6) is 2.20. The van der Waals surface area contributed by atoms with Crippen LogP contribution in [0.5, 0.6) is 17.2 Å². The van der Waals surface area contributed by atoms with Crippen LogP contribution in [0.4, 0.5) is 0 Å². The Morgan fingerprint density at radius 1 is 1.10 bits per heavy atom. The molecule has 1 unspecified atom stereocenters. The molecule has 118 valence electrons. The van der Waals surface area contributed by atoms with Crippen molar-refractivity contribution in [1.29, 1.82) is 0 Å². The van der Waals surface area contributed by atoms with Gasteiger partial charge in [0.05, 0.1) is 32.9 Å². The van der Waals surface area contributed by atoms with Crippen molar-refractivity contribution >= 4 is 0 Å². The van der Waals surface area contributed by atoms with Crippen molar-refractivity contribution in [1.82, 2.24) is 5.32 Å². The maximum atomic E-state index is 6.00. The van der Waals surface area contributed by atoms with E-state index in [1.54, 1.807) is 21.3 Å². The van der Waals surface area contributed by atoms with E-state index in [1.807, 2.05) is 12.1 Å². The first kappa shape index (κ1) is 15.9. The maximum Gasteiger partial charge on any atom is 0.131 e. The van der Waals surface area contributed by atoms with Gasteiger partial charge in [-0.3, -0.25) is 0 Å². The van der Waals surface area contributed by atoms with E-state index in [0.717, 1.165) is 17.1 Å². The summed E-state index contributed by atoms with van der Waals surface area (Å²) in [6.45, 7) is 0.496. The van der Waals surface area contributed by atoms with Gasteiger partial charge in [-0.1, -0.05) is 12.8 Å². The Hall–Kier alpha value is -1.46. The van der Waals surface area contributed by atoms with Crippen LogP contribution in [0.1, 0.15) is 37.3 Å². The molecule has 0 amide bonds. The van der Waals surface area contributed by atoms with Crippen LogP contribution in [-0.2, 0) is 0 Å². The minimum Gasteiger partial charge on any atom is -0.496 e. The summed E-state index contributed by atoms with van der Waals surface area (Å²) in [6.07, 6.45) is 4.98.